The summed E-state index contributed by atoms with van der Waals surface area (Å²) in [6.07, 6.45) is 0.504. The quantitative estimate of drug-likeness (QED) is 0.590. The summed E-state index contributed by atoms with van der Waals surface area (Å²) in [6.45, 7) is 2.80. The minimum Gasteiger partial charge on any atom is -0.396 e. The van der Waals surface area contributed by atoms with Crippen LogP contribution < -0.4 is 11.1 Å². The molecule has 0 spiro atoms. The van der Waals surface area contributed by atoms with E-state index >= 15 is 0 Å². The third-order valence-electron chi connectivity index (χ3n) is 3.91. The van der Waals surface area contributed by atoms with E-state index < -0.39 is 17.7 Å². The van der Waals surface area contributed by atoms with Gasteiger partial charge in [-0.3, -0.25) is 9.78 Å². The van der Waals surface area contributed by atoms with Gasteiger partial charge in [-0.2, -0.15) is 0 Å². The number of halogens is 1. The maximum Gasteiger partial charge on any atom is 0.252 e. The number of nitrogens with two attached hydrogens (primary N) is 1. The molecule has 2 rings (SSSR count). The number of alkyl halides is 1. The minimum atomic E-state index is -1.57. The van der Waals surface area contributed by atoms with Crippen LogP contribution in [0.15, 0.2) is 12.3 Å². The number of hydrogen-bond donors (Lipinski definition) is 4. The molecule has 1 aromatic rings. The number of primary amides is 1. The van der Waals surface area contributed by atoms with Crippen LogP contribution >= 0.6 is 0 Å². The van der Waals surface area contributed by atoms with Crippen LogP contribution in [0.5, 0.6) is 0 Å². The molecule has 1 heterocycles. The Morgan fingerprint density at radius 1 is 1.64 bits per heavy atom. The van der Waals surface area contributed by atoms with E-state index in [-0.39, 0.29) is 36.2 Å². The number of aliphatic hydroxyl groups excluding tert-OH is 1. The van der Waals surface area contributed by atoms with Crippen molar-refractivity contribution in [3.05, 3.63) is 23.5 Å². The van der Waals surface area contributed by atoms with Crippen molar-refractivity contribution in [2.75, 3.05) is 11.9 Å². The molecule has 0 bridgehead atoms. The molecule has 22 heavy (non-hydrogen) atoms. The van der Waals surface area contributed by atoms with Crippen molar-refractivity contribution in [2.24, 2.45) is 11.7 Å². The topological polar surface area (TPSA) is 108 Å². The molecular weight excluding hydrogens is 289 g/mol. The molecule has 1 saturated carbocycles. The molecule has 0 unspecified atom stereocenters. The Morgan fingerprint density at radius 2 is 2.32 bits per heavy atom. The lowest BCUT2D eigenvalue weighted by atomic mass is 9.96. The standard InChI is InChI=1S/C15H22FN3O3/c1-15(2,22)12(16)6-11-13(14(17)21)9(3-4-18-11)19-10-5-8(10)7-20/h3-4,8,10,12,20,22H,5-7H2,1-2H3,(H2,17,21)(H,18,19)/t8-,10+,12+/m0/s1. The lowest BCUT2D eigenvalue weighted by Gasteiger charge is -2.23. The zero-order valence-corrected chi connectivity index (χ0v) is 12.7. The first kappa shape index (κ1) is 16.6. The van der Waals surface area contributed by atoms with E-state index in [0.29, 0.717) is 5.69 Å². The summed E-state index contributed by atoms with van der Waals surface area (Å²) < 4.78 is 14.1. The fraction of sp³-hybridized carbons (Fsp3) is 0.600. The zero-order chi connectivity index (χ0) is 16.5. The van der Waals surface area contributed by atoms with Crippen molar-refractivity contribution in [3.63, 3.8) is 0 Å². The monoisotopic (exact) mass is 311 g/mol. The van der Waals surface area contributed by atoms with E-state index in [1.807, 2.05) is 0 Å². The Kier molecular flexibility index (Phi) is 4.67. The Bertz CT molecular complexity index is 559. The number of anilines is 1. The molecule has 7 heteroatoms. The lowest BCUT2D eigenvalue weighted by molar-refractivity contribution is -0.00307. The summed E-state index contributed by atoms with van der Waals surface area (Å²) in [4.78, 5) is 15.8. The Balaban J connectivity index is 2.24. The molecule has 0 aromatic carbocycles. The van der Waals surface area contributed by atoms with Crippen LogP contribution in [0.1, 0.15) is 36.3 Å². The third kappa shape index (κ3) is 3.72. The number of aromatic nitrogens is 1. The van der Waals surface area contributed by atoms with Crippen LogP contribution in [0, 0.1) is 5.92 Å². The SMILES string of the molecule is CC(C)(O)[C@H](F)Cc1nccc(N[C@@H]2C[C@H]2CO)c1C(N)=O. The molecule has 1 aliphatic carbocycles. The number of carbonyl (C=O) groups excluding carboxylic acids is 1. The van der Waals surface area contributed by atoms with Crippen molar-refractivity contribution in [2.45, 2.75) is 44.5 Å². The molecule has 1 fully saturated rings. The summed E-state index contributed by atoms with van der Waals surface area (Å²) in [5.74, 6) is -0.544. The van der Waals surface area contributed by atoms with Gasteiger partial charge in [-0.15, -0.1) is 0 Å². The second-order valence-electron chi connectivity index (χ2n) is 6.30. The van der Waals surface area contributed by atoms with Crippen LogP contribution in [-0.4, -0.2) is 45.5 Å². The predicted octanol–water partition coefficient (Wildman–Crippen LogP) is 0.625. The molecule has 3 atom stereocenters. The van der Waals surface area contributed by atoms with E-state index in [4.69, 9.17) is 10.8 Å². The highest BCUT2D eigenvalue weighted by atomic mass is 19.1. The molecular formula is C15H22FN3O3. The second kappa shape index (κ2) is 6.18. The van der Waals surface area contributed by atoms with Crippen LogP contribution in [0.4, 0.5) is 10.1 Å². The number of hydrogen-bond acceptors (Lipinski definition) is 5. The average molecular weight is 311 g/mol. The fourth-order valence-corrected chi connectivity index (χ4v) is 2.30. The van der Waals surface area contributed by atoms with Gasteiger partial charge in [0, 0.05) is 31.2 Å². The summed E-state index contributed by atoms with van der Waals surface area (Å²) >= 11 is 0. The van der Waals surface area contributed by atoms with Crippen molar-refractivity contribution >= 4 is 11.6 Å². The van der Waals surface area contributed by atoms with Gasteiger partial charge in [0.15, 0.2) is 0 Å². The number of carbonyl (C=O) groups is 1. The number of amides is 1. The largest absolute Gasteiger partial charge is 0.396 e. The van der Waals surface area contributed by atoms with Crippen LogP contribution in [-0.2, 0) is 6.42 Å². The molecule has 5 N–H and O–H groups in total. The molecule has 122 valence electrons. The molecule has 1 aliphatic rings. The van der Waals surface area contributed by atoms with Gasteiger partial charge < -0.3 is 21.3 Å². The van der Waals surface area contributed by atoms with E-state index in [1.165, 1.54) is 20.0 Å². The van der Waals surface area contributed by atoms with Gasteiger partial charge in [0.05, 0.1) is 22.5 Å². The van der Waals surface area contributed by atoms with Gasteiger partial charge in [-0.1, -0.05) is 0 Å². The maximum absolute atomic E-state index is 14.1. The van der Waals surface area contributed by atoms with Crippen molar-refractivity contribution in [1.82, 2.24) is 4.98 Å². The van der Waals surface area contributed by atoms with Crippen molar-refractivity contribution in [3.8, 4) is 0 Å². The lowest BCUT2D eigenvalue weighted by Crippen LogP contribution is -2.35. The van der Waals surface area contributed by atoms with Gasteiger partial charge in [-0.25, -0.2) is 4.39 Å². The number of aliphatic hydroxyl groups is 2. The first-order valence-corrected chi connectivity index (χ1v) is 7.25. The predicted molar refractivity (Wildman–Crippen MR) is 80.3 cm³/mol. The van der Waals surface area contributed by atoms with Crippen LogP contribution in [0.25, 0.3) is 0 Å². The van der Waals surface area contributed by atoms with Gasteiger partial charge in [0.25, 0.3) is 5.91 Å². The molecule has 1 aromatic heterocycles. The van der Waals surface area contributed by atoms with E-state index in [0.717, 1.165) is 6.42 Å². The first-order valence-electron chi connectivity index (χ1n) is 7.25. The van der Waals surface area contributed by atoms with E-state index in [2.05, 4.69) is 10.3 Å². The van der Waals surface area contributed by atoms with Gasteiger partial charge in [0.1, 0.15) is 6.17 Å². The number of pyridine rings is 1. The summed E-state index contributed by atoms with van der Waals surface area (Å²) in [5.41, 5.74) is 4.72. The average Bonchev–Trinajstić information content (AvgIpc) is 3.15. The number of nitrogens with zero attached hydrogens (tertiary/aromatic N) is 1. The zero-order valence-electron chi connectivity index (χ0n) is 12.7. The Labute approximate surface area is 128 Å². The first-order chi connectivity index (χ1) is 10.2. The second-order valence-corrected chi connectivity index (χ2v) is 6.30. The van der Waals surface area contributed by atoms with Crippen LogP contribution in [0.2, 0.25) is 0 Å². The Morgan fingerprint density at radius 3 is 2.82 bits per heavy atom. The fourth-order valence-electron chi connectivity index (χ4n) is 2.30. The summed E-state index contributed by atoms with van der Waals surface area (Å²) in [7, 11) is 0. The summed E-state index contributed by atoms with van der Waals surface area (Å²) in [5, 5.41) is 21.9. The summed E-state index contributed by atoms with van der Waals surface area (Å²) in [6, 6.07) is 1.68. The molecule has 1 amide bonds. The van der Waals surface area contributed by atoms with E-state index in [9.17, 15) is 14.3 Å². The van der Waals surface area contributed by atoms with E-state index in [1.54, 1.807) is 6.07 Å². The highest BCUT2D eigenvalue weighted by molar-refractivity contribution is 5.99. The van der Waals surface area contributed by atoms with Crippen LogP contribution in [0.3, 0.4) is 0 Å². The highest BCUT2D eigenvalue weighted by Gasteiger charge is 2.37. The molecule has 0 aliphatic heterocycles. The Hall–Kier alpha value is -1.73. The number of rotatable bonds is 7. The van der Waals surface area contributed by atoms with Gasteiger partial charge in [0.2, 0.25) is 0 Å². The van der Waals surface area contributed by atoms with Crippen molar-refractivity contribution in [1.29, 1.82) is 0 Å². The molecule has 0 radical (unpaired) electrons. The normalized spacial score (nSPS) is 22.2. The van der Waals surface area contributed by atoms with Gasteiger partial charge in [-0.05, 0) is 26.3 Å². The maximum atomic E-state index is 14.1. The van der Waals surface area contributed by atoms with Gasteiger partial charge >= 0.3 is 0 Å². The minimum absolute atomic E-state index is 0.0762. The molecule has 0 saturated heterocycles. The number of nitrogens with one attached hydrogen (secondary N) is 1. The molecule has 6 nitrogen and oxygen atoms in total. The third-order valence-corrected chi connectivity index (χ3v) is 3.91. The highest BCUT2D eigenvalue weighted by Crippen LogP contribution is 2.34. The smallest absolute Gasteiger partial charge is 0.252 e. The van der Waals surface area contributed by atoms with Crippen molar-refractivity contribution < 1.29 is 19.4 Å².